The molecule has 4 heteroatoms. The fourth-order valence-corrected chi connectivity index (χ4v) is 0.101. The van der Waals surface area contributed by atoms with Crippen molar-refractivity contribution in [1.82, 2.24) is 0 Å². The van der Waals surface area contributed by atoms with Crippen molar-refractivity contribution in [2.24, 2.45) is 11.7 Å². The Morgan fingerprint density at radius 2 is 2.00 bits per heavy atom. The Morgan fingerprint density at radius 3 is 2.00 bits per heavy atom. The van der Waals surface area contributed by atoms with E-state index < -0.39 is 5.54 Å². The van der Waals surface area contributed by atoms with Crippen LogP contribution in [-0.4, -0.2) is 11.8 Å². The van der Waals surface area contributed by atoms with Gasteiger partial charge in [-0.15, -0.1) is 5.54 Å². The molecule has 0 aromatic carbocycles. The Bertz CT molecular complexity index is 95.7. The molecule has 10 heavy (non-hydrogen) atoms. The summed E-state index contributed by atoms with van der Waals surface area (Å²) in [5.74, 6) is -0.0833. The van der Waals surface area contributed by atoms with Crippen LogP contribution in [0.4, 0.5) is 0 Å². The summed E-state index contributed by atoms with van der Waals surface area (Å²) in [5, 5.41) is 0. The van der Waals surface area contributed by atoms with Crippen molar-refractivity contribution in [1.29, 1.82) is 0 Å². The topological polar surface area (TPSA) is 43.1 Å². The van der Waals surface area contributed by atoms with Gasteiger partial charge in [-0.05, 0) is 0 Å². The van der Waals surface area contributed by atoms with Gasteiger partial charge in [0.15, 0.2) is 0 Å². The molecule has 0 saturated carbocycles. The molecule has 57 valence electrons. The van der Waals surface area contributed by atoms with Crippen molar-refractivity contribution >= 4 is 6.29 Å². The zero-order chi connectivity index (χ0) is 6.78. The predicted molar refractivity (Wildman–Crippen MR) is 32.8 cm³/mol. The van der Waals surface area contributed by atoms with Crippen LogP contribution < -0.4 is 5.73 Å². The summed E-state index contributed by atoms with van der Waals surface area (Å²) < 4.78 is 0. The maximum Gasteiger partial charge on any atom is 0 e. The second-order valence-corrected chi connectivity index (χ2v) is 2.29. The van der Waals surface area contributed by atoms with E-state index in [1.54, 1.807) is 20.1 Å². The Morgan fingerprint density at radius 1 is 1.70 bits per heavy atom. The van der Waals surface area contributed by atoms with E-state index in [2.05, 4.69) is 6.92 Å². The molecule has 1 radical (unpaired) electrons. The first-order chi connectivity index (χ1) is 3.50. The van der Waals surface area contributed by atoms with E-state index in [1.807, 2.05) is 0 Å². The number of rotatable bonds is 2. The number of hydrogen-bond acceptors (Lipinski definition) is 2. The van der Waals surface area contributed by atoms with E-state index in [-0.39, 0.29) is 59.7 Å². The molecular formula is C6H11NOWY-2. The molecule has 0 heterocycles. The van der Waals surface area contributed by atoms with Crippen LogP contribution in [-0.2, 0) is 58.6 Å². The van der Waals surface area contributed by atoms with Gasteiger partial charge in [-0.3, -0.25) is 0 Å². The summed E-state index contributed by atoms with van der Waals surface area (Å²) in [6, 6.07) is 0. The minimum Gasteiger partial charge on any atom is -0.540 e. The normalized spacial score (nSPS) is 17.2. The number of nitrogens with two attached hydrogens (primary N) is 1. The molecule has 0 aromatic rings. The Hall–Kier alpha value is 1.42. The molecule has 0 bridgehead atoms. The third-order valence-electron chi connectivity index (χ3n) is 1.24. The summed E-state index contributed by atoms with van der Waals surface area (Å²) in [6.07, 6.45) is 1.71. The molecular weight excluding hydrogens is 375 g/mol. The van der Waals surface area contributed by atoms with Crippen LogP contribution in [0.5, 0.6) is 0 Å². The molecule has 0 aliphatic carbocycles. The monoisotopic (exact) mass is 386 g/mol. The zero-order valence-electron chi connectivity index (χ0n) is 6.26. The molecule has 0 spiro atoms. The van der Waals surface area contributed by atoms with Gasteiger partial charge in [0.25, 0.3) is 0 Å². The minimum absolute atomic E-state index is 0. The first-order valence-electron chi connectivity index (χ1n) is 2.52. The average molecular weight is 386 g/mol. The maximum absolute atomic E-state index is 9.98. The van der Waals surface area contributed by atoms with E-state index in [4.69, 9.17) is 5.73 Å². The first-order valence-corrected chi connectivity index (χ1v) is 2.52. The van der Waals surface area contributed by atoms with Crippen LogP contribution in [0.2, 0.25) is 0 Å². The van der Waals surface area contributed by atoms with Crippen LogP contribution in [0, 0.1) is 12.8 Å². The summed E-state index contributed by atoms with van der Waals surface area (Å²) in [6.45, 7) is 6.98. The summed E-state index contributed by atoms with van der Waals surface area (Å²) in [5.41, 5.74) is 4.50. The largest absolute Gasteiger partial charge is 0.540 e. The van der Waals surface area contributed by atoms with Crippen LogP contribution in [0.15, 0.2) is 0 Å². The fourth-order valence-electron chi connectivity index (χ4n) is 0.101. The second-order valence-electron chi connectivity index (χ2n) is 2.29. The molecule has 2 nitrogen and oxygen atoms in total. The van der Waals surface area contributed by atoms with E-state index in [9.17, 15) is 4.79 Å². The van der Waals surface area contributed by atoms with Gasteiger partial charge in [-0.25, -0.2) is 6.29 Å². The van der Waals surface area contributed by atoms with Gasteiger partial charge < -0.3 is 17.5 Å². The molecule has 0 aromatic heterocycles. The third-order valence-corrected chi connectivity index (χ3v) is 1.24. The van der Waals surface area contributed by atoms with Gasteiger partial charge in [0, 0.05) is 53.8 Å². The molecule has 2 atom stereocenters. The molecule has 0 aliphatic rings. The van der Waals surface area contributed by atoms with Gasteiger partial charge in [-0.1, -0.05) is 13.8 Å². The van der Waals surface area contributed by atoms with Crippen molar-refractivity contribution in [2.45, 2.75) is 19.4 Å². The minimum atomic E-state index is -0.875. The first kappa shape index (κ1) is 17.5. The van der Waals surface area contributed by atoms with Crippen molar-refractivity contribution in [2.75, 3.05) is 0 Å². The van der Waals surface area contributed by atoms with Gasteiger partial charge >= 0.3 is 0 Å². The van der Waals surface area contributed by atoms with E-state index in [1.165, 1.54) is 0 Å². The van der Waals surface area contributed by atoms with Crippen LogP contribution in [0.3, 0.4) is 0 Å². The van der Waals surface area contributed by atoms with Gasteiger partial charge in [0.1, 0.15) is 0 Å². The van der Waals surface area contributed by atoms with Crippen molar-refractivity contribution in [3.63, 3.8) is 0 Å². The van der Waals surface area contributed by atoms with Crippen molar-refractivity contribution in [3.05, 3.63) is 6.92 Å². The molecule has 0 fully saturated rings. The zero-order valence-corrected chi connectivity index (χ0v) is 12.0. The Kier molecular flexibility index (Phi) is 12.4. The van der Waals surface area contributed by atoms with Gasteiger partial charge in [0.05, 0.1) is 0 Å². The van der Waals surface area contributed by atoms with Crippen LogP contribution in [0.25, 0.3) is 0 Å². The predicted octanol–water partition coefficient (Wildman–Crippen LogP) is 0.279. The Balaban J connectivity index is -0.000000245. The average Bonchev–Trinajstić information content (AvgIpc) is 1.67. The van der Waals surface area contributed by atoms with Crippen LogP contribution >= 0.6 is 0 Å². The third kappa shape index (κ3) is 6.15. The summed E-state index contributed by atoms with van der Waals surface area (Å²) in [4.78, 5) is 9.98. The van der Waals surface area contributed by atoms with Crippen molar-refractivity contribution in [3.8, 4) is 0 Å². The van der Waals surface area contributed by atoms with E-state index >= 15 is 0 Å². The van der Waals surface area contributed by atoms with E-state index in [0.29, 0.717) is 0 Å². The maximum atomic E-state index is 9.98. The Labute approximate surface area is 102 Å². The van der Waals surface area contributed by atoms with Crippen molar-refractivity contribution < 1.29 is 58.6 Å². The summed E-state index contributed by atoms with van der Waals surface area (Å²) >= 11 is 0. The van der Waals surface area contributed by atoms with Crippen LogP contribution in [0.1, 0.15) is 13.8 Å². The second kappa shape index (κ2) is 7.09. The molecule has 2 N–H and O–H groups in total. The quantitative estimate of drug-likeness (QED) is 0.694. The standard InChI is InChI=1S/C6H11NO.W.Y/c1-5(2)6(3,7)4-8;;/h5H,1,7H2,2-3H3;;/q-2;;. The van der Waals surface area contributed by atoms with Gasteiger partial charge in [0.2, 0.25) is 0 Å². The van der Waals surface area contributed by atoms with E-state index in [0.717, 1.165) is 0 Å². The molecule has 0 amide bonds. The molecule has 2 unspecified atom stereocenters. The molecule has 0 saturated heterocycles. The smallest absolute Gasteiger partial charge is 0 e. The van der Waals surface area contributed by atoms with Gasteiger partial charge in [-0.2, -0.15) is 5.92 Å². The molecule has 0 aliphatic heterocycles. The summed E-state index contributed by atoms with van der Waals surface area (Å²) in [7, 11) is 0. The SMILES string of the molecule is [CH2-]C(C)C(C)(N)[C-]=O.[W].[Y]. The fraction of sp³-hybridized carbons (Fsp3) is 0.667. The number of hydrogen-bond donors (Lipinski definition) is 1. The molecule has 0 rings (SSSR count). The number of carbonyl (C=O) groups excluding carboxylic acids is 1.